The van der Waals surface area contributed by atoms with E-state index in [1.165, 1.54) is 30.6 Å². The van der Waals surface area contributed by atoms with E-state index in [0.29, 0.717) is 6.04 Å². The zero-order valence-electron chi connectivity index (χ0n) is 14.6. The molecule has 0 saturated carbocycles. The topological polar surface area (TPSA) is 33.1 Å². The number of para-hydroxylation sites is 2. The summed E-state index contributed by atoms with van der Waals surface area (Å²) in [4.78, 5) is 7.02. The molecule has 4 rings (SSSR count). The van der Waals surface area contributed by atoms with Gasteiger partial charge in [0.15, 0.2) is 0 Å². The summed E-state index contributed by atoms with van der Waals surface area (Å²) in [5.41, 5.74) is 4.73. The third kappa shape index (κ3) is 3.87. The maximum Gasteiger partial charge on any atom is 0.100 e. The average molecular weight is 357 g/mol. The molecule has 5 heteroatoms. The van der Waals surface area contributed by atoms with Crippen LogP contribution in [0, 0.1) is 0 Å². The Morgan fingerprint density at radius 3 is 2.72 bits per heavy atom. The number of fused-ring (bicyclic) bond motifs is 1. The summed E-state index contributed by atoms with van der Waals surface area (Å²) in [6.07, 6.45) is 4.48. The smallest absolute Gasteiger partial charge is 0.100 e. The third-order valence-electron chi connectivity index (χ3n) is 4.99. The quantitative estimate of drug-likeness (QED) is 0.774. The second kappa shape index (κ2) is 8.00. The number of nitrogens with zero attached hydrogens (tertiary/aromatic N) is 3. The van der Waals surface area contributed by atoms with E-state index < -0.39 is 0 Å². The van der Waals surface area contributed by atoms with Crippen LogP contribution >= 0.6 is 12.4 Å². The van der Waals surface area contributed by atoms with Crippen LogP contribution in [0.15, 0.2) is 54.9 Å². The van der Waals surface area contributed by atoms with Crippen LogP contribution in [0.25, 0.3) is 16.7 Å². The fraction of sp³-hybridized carbons (Fsp3) is 0.350. The molecule has 2 aromatic carbocycles. The molecule has 1 aliphatic heterocycles. The monoisotopic (exact) mass is 356 g/mol. The lowest BCUT2D eigenvalue weighted by Crippen LogP contribution is -2.43. The summed E-state index contributed by atoms with van der Waals surface area (Å²) in [6.45, 7) is 3.37. The van der Waals surface area contributed by atoms with Crippen molar-refractivity contribution in [1.82, 2.24) is 19.8 Å². The van der Waals surface area contributed by atoms with E-state index in [9.17, 15) is 0 Å². The van der Waals surface area contributed by atoms with Gasteiger partial charge in [-0.05, 0) is 56.3 Å². The minimum absolute atomic E-state index is 0. The molecular formula is C20H25ClN4. The van der Waals surface area contributed by atoms with Gasteiger partial charge < -0.3 is 5.32 Å². The van der Waals surface area contributed by atoms with Crippen LogP contribution in [-0.4, -0.2) is 40.6 Å². The minimum atomic E-state index is 0. The van der Waals surface area contributed by atoms with Gasteiger partial charge in [-0.2, -0.15) is 0 Å². The molecule has 0 amide bonds. The van der Waals surface area contributed by atoms with Gasteiger partial charge in [0, 0.05) is 24.8 Å². The number of piperidine rings is 1. The predicted molar refractivity (Wildman–Crippen MR) is 106 cm³/mol. The van der Waals surface area contributed by atoms with Crippen molar-refractivity contribution in [3.63, 3.8) is 0 Å². The van der Waals surface area contributed by atoms with Crippen LogP contribution in [0.5, 0.6) is 0 Å². The summed E-state index contributed by atoms with van der Waals surface area (Å²) in [5.74, 6) is 0. The largest absolute Gasteiger partial charge is 0.316 e. The molecule has 3 aromatic rings. The van der Waals surface area contributed by atoms with Crippen molar-refractivity contribution in [1.29, 1.82) is 0 Å². The molecule has 0 bridgehead atoms. The number of aromatic nitrogens is 2. The van der Waals surface area contributed by atoms with Gasteiger partial charge in [-0.3, -0.25) is 9.47 Å². The average Bonchev–Trinajstić information content (AvgIpc) is 3.07. The first-order valence-corrected chi connectivity index (χ1v) is 8.74. The van der Waals surface area contributed by atoms with Crippen molar-refractivity contribution in [2.45, 2.75) is 25.4 Å². The summed E-state index contributed by atoms with van der Waals surface area (Å²) in [6, 6.07) is 17.8. The number of benzene rings is 2. The SMILES string of the molecule is CNC1CCCN(Cc2ccc(-n3cnc4ccccc43)cc2)C1.Cl. The second-order valence-electron chi connectivity index (χ2n) is 6.63. The molecule has 1 unspecified atom stereocenters. The molecule has 132 valence electrons. The van der Waals surface area contributed by atoms with Gasteiger partial charge in [0.05, 0.1) is 11.0 Å². The molecule has 25 heavy (non-hydrogen) atoms. The van der Waals surface area contributed by atoms with Crippen LogP contribution in [0.2, 0.25) is 0 Å². The summed E-state index contributed by atoms with van der Waals surface area (Å²) >= 11 is 0. The van der Waals surface area contributed by atoms with Crippen molar-refractivity contribution < 1.29 is 0 Å². The van der Waals surface area contributed by atoms with Crippen LogP contribution < -0.4 is 5.32 Å². The first-order valence-electron chi connectivity index (χ1n) is 8.74. The predicted octanol–water partition coefficient (Wildman–Crippen LogP) is 3.63. The van der Waals surface area contributed by atoms with Crippen LogP contribution in [0.3, 0.4) is 0 Å². The maximum atomic E-state index is 4.48. The lowest BCUT2D eigenvalue weighted by atomic mass is 10.0. The normalized spacial score (nSPS) is 18.2. The molecule has 2 heterocycles. The van der Waals surface area contributed by atoms with E-state index >= 15 is 0 Å². The molecule has 0 aliphatic carbocycles. The number of likely N-dealkylation sites (tertiary alicyclic amines) is 1. The number of imidazole rings is 1. The van der Waals surface area contributed by atoms with Crippen molar-refractivity contribution in [2.75, 3.05) is 20.1 Å². The fourth-order valence-electron chi connectivity index (χ4n) is 3.62. The highest BCUT2D eigenvalue weighted by atomic mass is 35.5. The highest BCUT2D eigenvalue weighted by molar-refractivity contribution is 5.85. The highest BCUT2D eigenvalue weighted by Crippen LogP contribution is 2.19. The Morgan fingerprint density at radius 1 is 1.12 bits per heavy atom. The van der Waals surface area contributed by atoms with E-state index in [-0.39, 0.29) is 12.4 Å². The van der Waals surface area contributed by atoms with Crippen molar-refractivity contribution >= 4 is 23.4 Å². The zero-order chi connectivity index (χ0) is 16.4. The van der Waals surface area contributed by atoms with Crippen molar-refractivity contribution in [3.8, 4) is 5.69 Å². The molecular weight excluding hydrogens is 332 g/mol. The molecule has 1 atom stereocenters. The van der Waals surface area contributed by atoms with Gasteiger partial charge in [-0.15, -0.1) is 12.4 Å². The van der Waals surface area contributed by atoms with Gasteiger partial charge in [0.25, 0.3) is 0 Å². The lowest BCUT2D eigenvalue weighted by Gasteiger charge is -2.32. The zero-order valence-corrected chi connectivity index (χ0v) is 15.4. The molecule has 4 nitrogen and oxygen atoms in total. The highest BCUT2D eigenvalue weighted by Gasteiger charge is 2.18. The molecule has 1 aromatic heterocycles. The van der Waals surface area contributed by atoms with Crippen LogP contribution in [-0.2, 0) is 6.54 Å². The van der Waals surface area contributed by atoms with Gasteiger partial charge in [-0.1, -0.05) is 24.3 Å². The Hall–Kier alpha value is -1.88. The Labute approximate surface area is 155 Å². The molecule has 0 spiro atoms. The van der Waals surface area contributed by atoms with Crippen LogP contribution in [0.4, 0.5) is 0 Å². The molecule has 0 radical (unpaired) electrons. The van der Waals surface area contributed by atoms with E-state index in [1.807, 2.05) is 12.4 Å². The first-order chi connectivity index (χ1) is 11.8. The van der Waals surface area contributed by atoms with E-state index in [0.717, 1.165) is 24.1 Å². The van der Waals surface area contributed by atoms with Crippen molar-refractivity contribution in [2.24, 2.45) is 0 Å². The maximum absolute atomic E-state index is 4.48. The Balaban J connectivity index is 0.00000182. The number of rotatable bonds is 4. The Kier molecular flexibility index (Phi) is 5.74. The first kappa shape index (κ1) is 17.9. The summed E-state index contributed by atoms with van der Waals surface area (Å²) < 4.78 is 2.15. The lowest BCUT2D eigenvalue weighted by molar-refractivity contribution is 0.188. The number of halogens is 1. The number of likely N-dealkylation sites (N-methyl/N-ethyl adjacent to an activating group) is 1. The molecule has 1 fully saturated rings. The molecule has 1 saturated heterocycles. The van der Waals surface area contributed by atoms with Crippen molar-refractivity contribution in [3.05, 3.63) is 60.4 Å². The van der Waals surface area contributed by atoms with Gasteiger partial charge in [0.2, 0.25) is 0 Å². The number of hydrogen-bond donors (Lipinski definition) is 1. The standard InChI is InChI=1S/C20H24N4.ClH/c1-21-17-5-4-12-23(14-17)13-16-8-10-18(11-9-16)24-15-22-19-6-2-3-7-20(19)24;/h2-3,6-11,15,17,21H,4-5,12-14H2,1H3;1H. The third-order valence-corrected chi connectivity index (χ3v) is 4.99. The summed E-state index contributed by atoms with van der Waals surface area (Å²) in [5, 5.41) is 3.41. The molecule has 1 aliphatic rings. The van der Waals surface area contributed by atoms with E-state index in [2.05, 4.69) is 69.3 Å². The Morgan fingerprint density at radius 2 is 1.92 bits per heavy atom. The Bertz CT molecular complexity index is 812. The van der Waals surface area contributed by atoms with Gasteiger partial charge >= 0.3 is 0 Å². The van der Waals surface area contributed by atoms with Crippen LogP contribution in [0.1, 0.15) is 18.4 Å². The molecule has 1 N–H and O–H groups in total. The number of nitrogens with one attached hydrogen (secondary N) is 1. The summed E-state index contributed by atoms with van der Waals surface area (Å²) in [7, 11) is 2.07. The minimum Gasteiger partial charge on any atom is -0.316 e. The van der Waals surface area contributed by atoms with Gasteiger partial charge in [-0.25, -0.2) is 4.98 Å². The number of hydrogen-bond acceptors (Lipinski definition) is 3. The van der Waals surface area contributed by atoms with E-state index in [1.54, 1.807) is 0 Å². The van der Waals surface area contributed by atoms with Gasteiger partial charge in [0.1, 0.15) is 6.33 Å². The second-order valence-corrected chi connectivity index (χ2v) is 6.63. The van der Waals surface area contributed by atoms with E-state index in [4.69, 9.17) is 0 Å². The fourth-order valence-corrected chi connectivity index (χ4v) is 3.62.